The lowest BCUT2D eigenvalue weighted by Gasteiger charge is -2.25. The van der Waals surface area contributed by atoms with Gasteiger partial charge >= 0.3 is 0 Å². The van der Waals surface area contributed by atoms with Crippen molar-refractivity contribution >= 4 is 11.3 Å². The summed E-state index contributed by atoms with van der Waals surface area (Å²) in [4.78, 5) is 4.27. The molecule has 0 saturated carbocycles. The van der Waals surface area contributed by atoms with E-state index in [0.29, 0.717) is 0 Å². The van der Waals surface area contributed by atoms with Crippen molar-refractivity contribution in [2.75, 3.05) is 13.2 Å². The van der Waals surface area contributed by atoms with E-state index in [1.165, 1.54) is 0 Å². The lowest BCUT2D eigenvalue weighted by molar-refractivity contribution is 0.203. The van der Waals surface area contributed by atoms with Gasteiger partial charge in [-0.1, -0.05) is 13.8 Å². The van der Waals surface area contributed by atoms with Crippen LogP contribution in [-0.2, 0) is 0 Å². The summed E-state index contributed by atoms with van der Waals surface area (Å²) in [7, 11) is 0. The molecule has 1 aromatic rings. The number of aliphatic hydroxyl groups is 1. The van der Waals surface area contributed by atoms with E-state index in [9.17, 15) is 0 Å². The fraction of sp³-hybridized carbons (Fsp3) is 0.727. The first kappa shape index (κ1) is 12.6. The van der Waals surface area contributed by atoms with Gasteiger partial charge in [0.1, 0.15) is 0 Å². The van der Waals surface area contributed by atoms with Gasteiger partial charge in [0, 0.05) is 24.6 Å². The fourth-order valence-corrected chi connectivity index (χ4v) is 2.01. The first-order valence-electron chi connectivity index (χ1n) is 5.27. The van der Waals surface area contributed by atoms with Crippen LogP contribution in [0.1, 0.15) is 38.9 Å². The molecule has 0 saturated heterocycles. The van der Waals surface area contributed by atoms with Crippen LogP contribution in [0.4, 0.5) is 0 Å². The Labute approximate surface area is 95.6 Å². The standard InChI is InChI=1S/C11H20N2OS/c1-9(10-6-15-8-13-10)12-7-11(2,3)4-5-14/h6,8-9,12,14H,4-5,7H2,1-3H3. The second-order valence-electron chi connectivity index (χ2n) is 4.65. The highest BCUT2D eigenvalue weighted by Gasteiger charge is 2.18. The molecule has 0 aliphatic heterocycles. The van der Waals surface area contributed by atoms with E-state index in [1.54, 1.807) is 11.3 Å². The highest BCUT2D eigenvalue weighted by molar-refractivity contribution is 7.07. The van der Waals surface area contributed by atoms with Gasteiger partial charge < -0.3 is 10.4 Å². The summed E-state index contributed by atoms with van der Waals surface area (Å²) < 4.78 is 0. The molecule has 1 rings (SSSR count). The minimum atomic E-state index is 0.138. The van der Waals surface area contributed by atoms with Crippen LogP contribution in [0.3, 0.4) is 0 Å². The highest BCUT2D eigenvalue weighted by atomic mass is 32.1. The minimum Gasteiger partial charge on any atom is -0.396 e. The number of aromatic nitrogens is 1. The monoisotopic (exact) mass is 228 g/mol. The van der Waals surface area contributed by atoms with Gasteiger partial charge in [-0.3, -0.25) is 0 Å². The molecule has 0 aromatic carbocycles. The predicted octanol–water partition coefficient (Wildman–Crippen LogP) is 2.20. The molecule has 1 aromatic heterocycles. The molecule has 0 amide bonds. The summed E-state index contributed by atoms with van der Waals surface area (Å²) in [5.74, 6) is 0. The quantitative estimate of drug-likeness (QED) is 0.784. The van der Waals surface area contributed by atoms with Gasteiger partial charge in [0.2, 0.25) is 0 Å². The molecule has 0 radical (unpaired) electrons. The van der Waals surface area contributed by atoms with Crippen molar-refractivity contribution in [2.24, 2.45) is 5.41 Å². The number of thiazole rings is 1. The van der Waals surface area contributed by atoms with E-state index >= 15 is 0 Å². The van der Waals surface area contributed by atoms with Gasteiger partial charge in [-0.25, -0.2) is 4.98 Å². The van der Waals surface area contributed by atoms with Crippen LogP contribution in [0.2, 0.25) is 0 Å². The number of nitrogens with zero attached hydrogens (tertiary/aromatic N) is 1. The molecule has 4 heteroatoms. The summed E-state index contributed by atoms with van der Waals surface area (Å²) in [6.45, 7) is 7.57. The van der Waals surface area contributed by atoms with Crippen molar-refractivity contribution in [2.45, 2.75) is 33.2 Å². The lowest BCUT2D eigenvalue weighted by Crippen LogP contribution is -2.32. The molecule has 1 atom stereocenters. The number of aliphatic hydroxyl groups excluding tert-OH is 1. The van der Waals surface area contributed by atoms with E-state index in [4.69, 9.17) is 5.11 Å². The first-order chi connectivity index (χ1) is 7.05. The molecule has 3 nitrogen and oxygen atoms in total. The second-order valence-corrected chi connectivity index (χ2v) is 5.37. The Morgan fingerprint density at radius 3 is 2.87 bits per heavy atom. The molecule has 15 heavy (non-hydrogen) atoms. The maximum absolute atomic E-state index is 8.91. The number of hydrogen-bond donors (Lipinski definition) is 2. The Morgan fingerprint density at radius 2 is 2.33 bits per heavy atom. The first-order valence-corrected chi connectivity index (χ1v) is 6.22. The van der Waals surface area contributed by atoms with Gasteiger partial charge in [0.25, 0.3) is 0 Å². The Kier molecular flexibility index (Phi) is 4.70. The Balaban J connectivity index is 2.37. The third-order valence-corrected chi connectivity index (χ3v) is 3.18. The van der Waals surface area contributed by atoms with E-state index in [1.807, 2.05) is 5.51 Å². The Morgan fingerprint density at radius 1 is 1.60 bits per heavy atom. The normalized spacial score (nSPS) is 14.1. The molecule has 2 N–H and O–H groups in total. The summed E-state index contributed by atoms with van der Waals surface area (Å²) in [5.41, 5.74) is 3.09. The average molecular weight is 228 g/mol. The third-order valence-electron chi connectivity index (χ3n) is 2.57. The maximum atomic E-state index is 8.91. The van der Waals surface area contributed by atoms with E-state index in [-0.39, 0.29) is 18.1 Å². The molecule has 0 aliphatic carbocycles. The van der Waals surface area contributed by atoms with E-state index < -0.39 is 0 Å². The molecule has 0 spiro atoms. The van der Waals surface area contributed by atoms with Crippen molar-refractivity contribution in [3.63, 3.8) is 0 Å². The van der Waals surface area contributed by atoms with Crippen molar-refractivity contribution in [1.82, 2.24) is 10.3 Å². The maximum Gasteiger partial charge on any atom is 0.0795 e. The van der Waals surface area contributed by atoms with Gasteiger partial charge in [0.05, 0.1) is 11.2 Å². The zero-order chi connectivity index (χ0) is 11.3. The van der Waals surface area contributed by atoms with Gasteiger partial charge in [-0.05, 0) is 18.8 Å². The minimum absolute atomic E-state index is 0.138. The number of nitrogens with one attached hydrogen (secondary N) is 1. The lowest BCUT2D eigenvalue weighted by atomic mass is 9.89. The van der Waals surface area contributed by atoms with E-state index in [2.05, 4.69) is 36.5 Å². The zero-order valence-corrected chi connectivity index (χ0v) is 10.5. The number of hydrogen-bond acceptors (Lipinski definition) is 4. The molecule has 0 bridgehead atoms. The van der Waals surface area contributed by atoms with Crippen LogP contribution < -0.4 is 5.32 Å². The van der Waals surface area contributed by atoms with E-state index in [0.717, 1.165) is 18.7 Å². The van der Waals surface area contributed by atoms with Gasteiger partial charge in [-0.15, -0.1) is 11.3 Å². The summed E-state index contributed by atoms with van der Waals surface area (Å²) >= 11 is 1.62. The molecular weight excluding hydrogens is 208 g/mol. The SMILES string of the molecule is CC(NCC(C)(C)CCO)c1cscn1. The van der Waals surface area contributed by atoms with Crippen molar-refractivity contribution in [3.05, 3.63) is 16.6 Å². The van der Waals surface area contributed by atoms with Crippen LogP contribution in [0.25, 0.3) is 0 Å². The van der Waals surface area contributed by atoms with Crippen LogP contribution in [0.15, 0.2) is 10.9 Å². The second kappa shape index (κ2) is 5.58. The molecule has 1 heterocycles. The van der Waals surface area contributed by atoms with Crippen LogP contribution in [0.5, 0.6) is 0 Å². The topological polar surface area (TPSA) is 45.1 Å². The Hall–Kier alpha value is -0.450. The summed E-state index contributed by atoms with van der Waals surface area (Å²) in [6.07, 6.45) is 0.823. The van der Waals surface area contributed by atoms with Gasteiger partial charge in [0.15, 0.2) is 0 Å². The molecule has 0 aliphatic rings. The van der Waals surface area contributed by atoms with Gasteiger partial charge in [-0.2, -0.15) is 0 Å². The molecule has 1 unspecified atom stereocenters. The average Bonchev–Trinajstić information content (AvgIpc) is 2.67. The summed E-state index contributed by atoms with van der Waals surface area (Å²) in [6, 6.07) is 0.286. The summed E-state index contributed by atoms with van der Waals surface area (Å²) in [5, 5.41) is 14.4. The van der Waals surface area contributed by atoms with Crippen molar-refractivity contribution in [1.29, 1.82) is 0 Å². The third kappa shape index (κ3) is 4.28. The fourth-order valence-electron chi connectivity index (χ4n) is 1.36. The predicted molar refractivity (Wildman–Crippen MR) is 64.0 cm³/mol. The van der Waals surface area contributed by atoms with Crippen molar-refractivity contribution < 1.29 is 5.11 Å². The highest BCUT2D eigenvalue weighted by Crippen LogP contribution is 2.20. The molecular formula is C11H20N2OS. The Bertz CT molecular complexity index is 272. The smallest absolute Gasteiger partial charge is 0.0795 e. The van der Waals surface area contributed by atoms with Crippen molar-refractivity contribution in [3.8, 4) is 0 Å². The van der Waals surface area contributed by atoms with Crippen LogP contribution >= 0.6 is 11.3 Å². The number of rotatable bonds is 6. The van der Waals surface area contributed by atoms with Crippen LogP contribution in [0, 0.1) is 5.41 Å². The largest absolute Gasteiger partial charge is 0.396 e. The molecule has 0 fully saturated rings. The molecule has 86 valence electrons. The zero-order valence-electron chi connectivity index (χ0n) is 9.66. The van der Waals surface area contributed by atoms with Crippen LogP contribution in [-0.4, -0.2) is 23.2 Å².